The molecule has 3 rings (SSSR count). The first-order chi connectivity index (χ1) is 8.79. The number of hydrogen-bond acceptors (Lipinski definition) is 3. The Balaban J connectivity index is 2.13. The third-order valence-electron chi connectivity index (χ3n) is 3.23. The lowest BCUT2D eigenvalue weighted by molar-refractivity contribution is -0.116. The van der Waals surface area contributed by atoms with Gasteiger partial charge >= 0.3 is 0 Å². The fourth-order valence-electron chi connectivity index (χ4n) is 2.38. The number of para-hydroxylation sites is 1. The Kier molecular flexibility index (Phi) is 2.51. The molecular formula is C13H13N3O2. The van der Waals surface area contributed by atoms with E-state index in [1.165, 1.54) is 0 Å². The highest BCUT2D eigenvalue weighted by molar-refractivity contribution is 5.97. The van der Waals surface area contributed by atoms with Crippen LogP contribution in [0.2, 0.25) is 0 Å². The SMILES string of the molecule is COc1cccc2c1NC(=O)CC2c1cn[nH]c1. The second-order valence-electron chi connectivity index (χ2n) is 4.26. The first kappa shape index (κ1) is 10.8. The largest absolute Gasteiger partial charge is 0.495 e. The van der Waals surface area contributed by atoms with Crippen LogP contribution in [0.1, 0.15) is 23.5 Å². The summed E-state index contributed by atoms with van der Waals surface area (Å²) in [5.41, 5.74) is 2.84. The number of nitrogens with zero attached hydrogens (tertiary/aromatic N) is 1. The number of methoxy groups -OCH3 is 1. The minimum absolute atomic E-state index is 0.00167. The van der Waals surface area contributed by atoms with Crippen LogP contribution in [0.4, 0.5) is 5.69 Å². The van der Waals surface area contributed by atoms with Crippen LogP contribution >= 0.6 is 0 Å². The Morgan fingerprint density at radius 1 is 1.44 bits per heavy atom. The van der Waals surface area contributed by atoms with E-state index in [1.54, 1.807) is 13.3 Å². The number of carbonyl (C=O) groups excluding carboxylic acids is 1. The lowest BCUT2D eigenvalue weighted by Crippen LogP contribution is -2.23. The molecule has 92 valence electrons. The zero-order chi connectivity index (χ0) is 12.5. The molecule has 2 heterocycles. The summed E-state index contributed by atoms with van der Waals surface area (Å²) in [6.07, 6.45) is 4.01. The minimum Gasteiger partial charge on any atom is -0.495 e. The summed E-state index contributed by atoms with van der Waals surface area (Å²) in [4.78, 5) is 11.8. The van der Waals surface area contributed by atoms with Crippen molar-refractivity contribution in [3.8, 4) is 5.75 Å². The van der Waals surface area contributed by atoms with E-state index in [2.05, 4.69) is 15.5 Å². The van der Waals surface area contributed by atoms with Gasteiger partial charge in [0.1, 0.15) is 5.75 Å². The number of hydrogen-bond donors (Lipinski definition) is 2. The third-order valence-corrected chi connectivity index (χ3v) is 3.23. The normalized spacial score (nSPS) is 18.1. The second-order valence-corrected chi connectivity index (χ2v) is 4.26. The van der Waals surface area contributed by atoms with E-state index in [1.807, 2.05) is 24.4 Å². The average molecular weight is 243 g/mol. The zero-order valence-corrected chi connectivity index (χ0v) is 9.93. The van der Waals surface area contributed by atoms with Crippen molar-refractivity contribution in [2.45, 2.75) is 12.3 Å². The number of nitrogens with one attached hydrogen (secondary N) is 2. The number of anilines is 1. The number of aromatic nitrogens is 2. The van der Waals surface area contributed by atoms with Gasteiger partial charge in [0.05, 0.1) is 19.0 Å². The van der Waals surface area contributed by atoms with Gasteiger partial charge < -0.3 is 10.1 Å². The number of fused-ring (bicyclic) bond motifs is 1. The predicted molar refractivity (Wildman–Crippen MR) is 66.7 cm³/mol. The Labute approximate surface area is 104 Å². The molecule has 0 spiro atoms. The van der Waals surface area contributed by atoms with Crippen molar-refractivity contribution < 1.29 is 9.53 Å². The van der Waals surface area contributed by atoms with Crippen molar-refractivity contribution in [2.24, 2.45) is 0 Å². The predicted octanol–water partition coefficient (Wildman–Crippen LogP) is 1.89. The molecule has 1 unspecified atom stereocenters. The molecule has 0 saturated carbocycles. The molecule has 0 fully saturated rings. The molecule has 2 aromatic rings. The molecule has 0 radical (unpaired) electrons. The van der Waals surface area contributed by atoms with Gasteiger partial charge in [0, 0.05) is 18.5 Å². The van der Waals surface area contributed by atoms with Crippen molar-refractivity contribution in [1.29, 1.82) is 0 Å². The van der Waals surface area contributed by atoms with Gasteiger partial charge in [0.2, 0.25) is 5.91 Å². The van der Waals surface area contributed by atoms with Crippen molar-refractivity contribution in [3.63, 3.8) is 0 Å². The number of aromatic amines is 1. The summed E-state index contributed by atoms with van der Waals surface area (Å²) in [5, 5.41) is 9.62. The first-order valence-corrected chi connectivity index (χ1v) is 5.75. The summed E-state index contributed by atoms with van der Waals surface area (Å²) in [5.74, 6) is 0.717. The van der Waals surface area contributed by atoms with Gasteiger partial charge in [0.15, 0.2) is 0 Å². The number of rotatable bonds is 2. The van der Waals surface area contributed by atoms with Crippen molar-refractivity contribution in [1.82, 2.24) is 10.2 Å². The number of benzene rings is 1. The Hall–Kier alpha value is -2.30. The van der Waals surface area contributed by atoms with E-state index in [0.717, 1.165) is 16.8 Å². The van der Waals surface area contributed by atoms with Gasteiger partial charge in [-0.1, -0.05) is 12.1 Å². The number of carbonyl (C=O) groups is 1. The van der Waals surface area contributed by atoms with Crippen molar-refractivity contribution in [2.75, 3.05) is 12.4 Å². The summed E-state index contributed by atoms with van der Waals surface area (Å²) in [6.45, 7) is 0. The van der Waals surface area contributed by atoms with Crippen LogP contribution in [0.15, 0.2) is 30.6 Å². The molecule has 0 saturated heterocycles. The summed E-state index contributed by atoms with van der Waals surface area (Å²) >= 11 is 0. The van der Waals surface area contributed by atoms with Gasteiger partial charge in [-0.05, 0) is 17.2 Å². The number of amides is 1. The van der Waals surface area contributed by atoms with E-state index < -0.39 is 0 Å². The molecule has 5 nitrogen and oxygen atoms in total. The lowest BCUT2D eigenvalue weighted by Gasteiger charge is -2.26. The molecule has 1 atom stereocenters. The van der Waals surface area contributed by atoms with Crippen LogP contribution in [0.5, 0.6) is 5.75 Å². The van der Waals surface area contributed by atoms with Gasteiger partial charge in [-0.2, -0.15) is 5.10 Å². The van der Waals surface area contributed by atoms with E-state index in [-0.39, 0.29) is 11.8 Å². The fourth-order valence-corrected chi connectivity index (χ4v) is 2.38. The zero-order valence-electron chi connectivity index (χ0n) is 9.93. The smallest absolute Gasteiger partial charge is 0.225 e. The fraction of sp³-hybridized carbons (Fsp3) is 0.231. The maximum absolute atomic E-state index is 11.8. The minimum atomic E-state index is -0.00167. The molecule has 0 aliphatic carbocycles. The van der Waals surface area contributed by atoms with Crippen LogP contribution in [0, 0.1) is 0 Å². The average Bonchev–Trinajstić information content (AvgIpc) is 2.90. The van der Waals surface area contributed by atoms with Gasteiger partial charge in [-0.3, -0.25) is 9.89 Å². The molecule has 1 amide bonds. The first-order valence-electron chi connectivity index (χ1n) is 5.75. The molecule has 5 heteroatoms. The Morgan fingerprint density at radius 2 is 2.33 bits per heavy atom. The summed E-state index contributed by atoms with van der Waals surface area (Å²) in [7, 11) is 1.60. The van der Waals surface area contributed by atoms with Crippen LogP contribution in [-0.2, 0) is 4.79 Å². The quantitative estimate of drug-likeness (QED) is 0.846. The van der Waals surface area contributed by atoms with Crippen LogP contribution in [0.3, 0.4) is 0 Å². The highest BCUT2D eigenvalue weighted by Gasteiger charge is 2.28. The number of H-pyrrole nitrogens is 1. The maximum Gasteiger partial charge on any atom is 0.225 e. The molecule has 1 aromatic carbocycles. The molecule has 1 aliphatic rings. The molecule has 2 N–H and O–H groups in total. The van der Waals surface area contributed by atoms with Gasteiger partial charge in [-0.15, -0.1) is 0 Å². The van der Waals surface area contributed by atoms with E-state index in [0.29, 0.717) is 12.2 Å². The highest BCUT2D eigenvalue weighted by Crippen LogP contribution is 2.41. The summed E-state index contributed by atoms with van der Waals surface area (Å²) < 4.78 is 5.29. The Morgan fingerprint density at radius 3 is 3.06 bits per heavy atom. The standard InChI is InChI=1S/C13H13N3O2/c1-18-11-4-2-3-9-10(8-6-14-15-7-8)5-12(17)16-13(9)11/h2-4,6-7,10H,5H2,1H3,(H,14,15)(H,16,17). The van der Waals surface area contributed by atoms with Gasteiger partial charge in [-0.25, -0.2) is 0 Å². The van der Waals surface area contributed by atoms with Crippen LogP contribution in [0.25, 0.3) is 0 Å². The van der Waals surface area contributed by atoms with Crippen LogP contribution in [-0.4, -0.2) is 23.2 Å². The number of ether oxygens (including phenoxy) is 1. The van der Waals surface area contributed by atoms with Crippen molar-refractivity contribution >= 4 is 11.6 Å². The third kappa shape index (κ3) is 1.64. The monoisotopic (exact) mass is 243 g/mol. The molecule has 0 bridgehead atoms. The van der Waals surface area contributed by atoms with E-state index >= 15 is 0 Å². The van der Waals surface area contributed by atoms with Gasteiger partial charge in [0.25, 0.3) is 0 Å². The van der Waals surface area contributed by atoms with E-state index in [4.69, 9.17) is 4.74 Å². The van der Waals surface area contributed by atoms with E-state index in [9.17, 15) is 4.79 Å². The Bertz CT molecular complexity index is 578. The second kappa shape index (κ2) is 4.18. The van der Waals surface area contributed by atoms with Crippen molar-refractivity contribution in [3.05, 3.63) is 41.7 Å². The maximum atomic E-state index is 11.8. The summed E-state index contributed by atoms with van der Waals surface area (Å²) in [6, 6.07) is 5.79. The molecular weight excluding hydrogens is 230 g/mol. The molecule has 1 aromatic heterocycles. The topological polar surface area (TPSA) is 67.0 Å². The molecule has 18 heavy (non-hydrogen) atoms. The molecule has 1 aliphatic heterocycles. The highest BCUT2D eigenvalue weighted by atomic mass is 16.5. The lowest BCUT2D eigenvalue weighted by atomic mass is 9.86. The van der Waals surface area contributed by atoms with Crippen LogP contribution < -0.4 is 10.1 Å².